The number of aliphatic hydroxyl groups excluding tert-OH is 2. The summed E-state index contributed by atoms with van der Waals surface area (Å²) in [5.41, 5.74) is 0. The highest BCUT2D eigenvalue weighted by Crippen LogP contribution is 2.45. The topological polar surface area (TPSA) is 231 Å². The molecule has 4 N–H and O–H groups in total. The molecule has 16 nitrogen and oxygen atoms in total. The summed E-state index contributed by atoms with van der Waals surface area (Å²) >= 11 is 0. The van der Waals surface area contributed by atoms with Crippen molar-refractivity contribution in [1.82, 2.24) is 0 Å². The van der Waals surface area contributed by atoms with E-state index < -0.39 is 91.5 Å². The van der Waals surface area contributed by atoms with E-state index in [1.165, 1.54) is 0 Å². The Morgan fingerprint density at radius 1 is 0.319 bits per heavy atom. The molecule has 91 heavy (non-hydrogen) atoms. The van der Waals surface area contributed by atoms with Gasteiger partial charge in [0.25, 0.3) is 0 Å². The standard InChI is InChI=1S/C73H116O16P2/c1-4-7-10-13-16-19-22-25-27-29-31-32-33-34-36-38-39-42-44-47-50-53-56-59-71(76)83-62-68(74)63-85-90(79,80)86-64-69(75)65-87-91(81,82)88-67-70(89-73(78)61-58-55-52-49-46-41-24-21-18-15-12-9-6-3)66-84-72(77)60-57-54-51-48-45-43-40-37-35-30-28-26-23-20-17-14-11-8-5-2/h7-8,10-12,15-17,19-21,24-28,31-32,34-37,39,42-43,45,51,54,68-70,74-75H,4-6,9,13-14,18,22-23,29-30,33,38,40-41,44,46-50,52-53,55-67H2,1-3H3,(H,79,80)(H,81,82)/b10-7-,11-8-,15-12-,19-16-,20-17-,24-21-,27-25-,28-26-,32-31-,36-34-,37-35-,42-39-,45-43-,54-51-. The minimum atomic E-state index is -4.95. The molecule has 18 heteroatoms. The molecule has 0 rings (SSSR count). The Labute approximate surface area is 548 Å². The lowest BCUT2D eigenvalue weighted by Gasteiger charge is -2.21. The molecule has 0 aliphatic heterocycles. The summed E-state index contributed by atoms with van der Waals surface area (Å²) < 4.78 is 60.7. The quantitative estimate of drug-likeness (QED) is 0.0146. The van der Waals surface area contributed by atoms with Crippen LogP contribution in [0.1, 0.15) is 213 Å². The SMILES string of the molecule is CC/C=C\C/C=C\C/C=C\C/C=C\C/C=C\C/C=C\CCCCCCC(=O)OCC(O)COP(=O)(O)OCC(O)COP(=O)(O)OCC(COC(=O)CC/C=C\C/C=C\C/C=C\C/C=C\C/C=C\C/C=C\CC)OC(=O)CCCCCCC/C=C\C/C=C\CCC. The van der Waals surface area contributed by atoms with E-state index in [2.05, 4.69) is 173 Å². The van der Waals surface area contributed by atoms with Crippen LogP contribution in [0, 0.1) is 0 Å². The molecule has 0 fully saturated rings. The molecule has 0 aliphatic carbocycles. The number of ether oxygens (including phenoxy) is 3. The largest absolute Gasteiger partial charge is 0.472 e. The van der Waals surface area contributed by atoms with Gasteiger partial charge in [0, 0.05) is 19.3 Å². The van der Waals surface area contributed by atoms with Gasteiger partial charge in [-0.05, 0) is 135 Å². The van der Waals surface area contributed by atoms with Crippen LogP contribution in [-0.2, 0) is 55.8 Å². The highest BCUT2D eigenvalue weighted by molar-refractivity contribution is 7.47. The van der Waals surface area contributed by atoms with Gasteiger partial charge >= 0.3 is 33.6 Å². The fourth-order valence-corrected chi connectivity index (χ4v) is 9.45. The van der Waals surface area contributed by atoms with Crippen LogP contribution in [0.5, 0.6) is 0 Å². The van der Waals surface area contributed by atoms with E-state index in [4.69, 9.17) is 32.3 Å². The van der Waals surface area contributed by atoms with Gasteiger partial charge in [-0.1, -0.05) is 229 Å². The number of hydrogen-bond donors (Lipinski definition) is 4. The molecular formula is C73H116O16P2. The predicted octanol–water partition coefficient (Wildman–Crippen LogP) is 18.5. The summed E-state index contributed by atoms with van der Waals surface area (Å²) in [7, 11) is -9.82. The van der Waals surface area contributed by atoms with Gasteiger partial charge < -0.3 is 34.2 Å². The first-order chi connectivity index (χ1) is 44.2. The third-order valence-electron chi connectivity index (χ3n) is 12.9. The highest BCUT2D eigenvalue weighted by Gasteiger charge is 2.29. The van der Waals surface area contributed by atoms with E-state index in [1.807, 2.05) is 18.2 Å². The number of carbonyl (C=O) groups is 3. The summed E-state index contributed by atoms with van der Waals surface area (Å²) in [6.45, 7) is 2.19. The average Bonchev–Trinajstić information content (AvgIpc) is 3.74. The molecule has 0 aromatic rings. The van der Waals surface area contributed by atoms with Crippen LogP contribution in [0.15, 0.2) is 170 Å². The van der Waals surface area contributed by atoms with Crippen LogP contribution in [0.4, 0.5) is 0 Å². The Hall–Kier alpha value is -5.09. The van der Waals surface area contributed by atoms with E-state index in [-0.39, 0.29) is 19.3 Å². The van der Waals surface area contributed by atoms with Gasteiger partial charge in [-0.15, -0.1) is 0 Å². The maximum Gasteiger partial charge on any atom is 0.472 e. The van der Waals surface area contributed by atoms with Crippen LogP contribution in [0.2, 0.25) is 0 Å². The molecular weight excluding hydrogens is 1190 g/mol. The molecule has 5 atom stereocenters. The summed E-state index contributed by atoms with van der Waals surface area (Å²) in [6.07, 6.45) is 80.0. The van der Waals surface area contributed by atoms with Crippen molar-refractivity contribution in [3.8, 4) is 0 Å². The van der Waals surface area contributed by atoms with Crippen molar-refractivity contribution < 1.29 is 75.8 Å². The molecule has 0 aliphatic rings. The smallest absolute Gasteiger partial charge is 0.463 e. The second-order valence-corrected chi connectivity index (χ2v) is 24.4. The zero-order valence-corrected chi connectivity index (χ0v) is 57.2. The van der Waals surface area contributed by atoms with Crippen LogP contribution >= 0.6 is 15.6 Å². The Balaban J connectivity index is 4.73. The van der Waals surface area contributed by atoms with Gasteiger partial charge in [0.1, 0.15) is 25.4 Å². The second kappa shape index (κ2) is 65.0. The molecule has 0 bridgehead atoms. The van der Waals surface area contributed by atoms with E-state index in [0.29, 0.717) is 25.7 Å². The molecule has 0 saturated carbocycles. The van der Waals surface area contributed by atoms with Crippen molar-refractivity contribution in [2.45, 2.75) is 232 Å². The number of carbonyl (C=O) groups excluding carboxylic acids is 3. The number of phosphoric acid groups is 2. The van der Waals surface area contributed by atoms with E-state index >= 15 is 0 Å². The highest BCUT2D eigenvalue weighted by atomic mass is 31.2. The maximum absolute atomic E-state index is 12.9. The van der Waals surface area contributed by atoms with Crippen LogP contribution < -0.4 is 0 Å². The maximum atomic E-state index is 12.9. The lowest BCUT2D eigenvalue weighted by atomic mass is 10.1. The monoisotopic (exact) mass is 1310 g/mol. The number of aliphatic hydroxyl groups is 2. The van der Waals surface area contributed by atoms with E-state index in [1.54, 1.807) is 0 Å². The second-order valence-electron chi connectivity index (χ2n) is 21.5. The molecule has 0 aromatic carbocycles. The summed E-state index contributed by atoms with van der Waals surface area (Å²) in [5, 5.41) is 20.5. The number of hydrogen-bond acceptors (Lipinski definition) is 14. The first kappa shape index (κ1) is 85.9. The van der Waals surface area contributed by atoms with Gasteiger partial charge in [-0.25, -0.2) is 9.13 Å². The van der Waals surface area contributed by atoms with Crippen LogP contribution in [0.25, 0.3) is 0 Å². The molecule has 0 amide bonds. The van der Waals surface area contributed by atoms with Crippen molar-refractivity contribution in [2.75, 3.05) is 39.6 Å². The number of esters is 3. The van der Waals surface area contributed by atoms with Crippen molar-refractivity contribution in [1.29, 1.82) is 0 Å². The van der Waals surface area contributed by atoms with Crippen LogP contribution in [0.3, 0.4) is 0 Å². The molecule has 0 radical (unpaired) electrons. The Morgan fingerprint density at radius 2 is 0.604 bits per heavy atom. The summed E-state index contributed by atoms with van der Waals surface area (Å²) in [4.78, 5) is 58.3. The lowest BCUT2D eigenvalue weighted by molar-refractivity contribution is -0.161. The third-order valence-corrected chi connectivity index (χ3v) is 14.8. The lowest BCUT2D eigenvalue weighted by Crippen LogP contribution is -2.30. The van der Waals surface area contributed by atoms with Crippen molar-refractivity contribution in [2.24, 2.45) is 0 Å². The summed E-state index contributed by atoms with van der Waals surface area (Å²) in [5.74, 6) is -1.73. The Morgan fingerprint density at radius 3 is 0.989 bits per heavy atom. The zero-order chi connectivity index (χ0) is 66.7. The average molecular weight is 1310 g/mol. The van der Waals surface area contributed by atoms with Gasteiger partial charge in [0.15, 0.2) is 6.10 Å². The minimum Gasteiger partial charge on any atom is -0.463 e. The predicted molar refractivity (Wildman–Crippen MR) is 371 cm³/mol. The molecule has 0 aromatic heterocycles. The van der Waals surface area contributed by atoms with Crippen molar-refractivity contribution in [3.63, 3.8) is 0 Å². The van der Waals surface area contributed by atoms with Crippen LogP contribution in [-0.4, -0.2) is 95.9 Å². The minimum absolute atomic E-state index is 0.0351. The fourth-order valence-electron chi connectivity index (χ4n) is 7.87. The number of allylic oxidation sites excluding steroid dienone is 28. The van der Waals surface area contributed by atoms with Crippen molar-refractivity contribution >= 4 is 33.6 Å². The van der Waals surface area contributed by atoms with E-state index in [0.717, 1.165) is 148 Å². The number of rotatable bonds is 61. The van der Waals surface area contributed by atoms with Gasteiger partial charge in [0.2, 0.25) is 0 Å². The molecule has 5 unspecified atom stereocenters. The van der Waals surface area contributed by atoms with E-state index in [9.17, 15) is 43.5 Å². The molecule has 0 spiro atoms. The number of phosphoric ester groups is 2. The molecule has 514 valence electrons. The number of unbranched alkanes of at least 4 members (excludes halogenated alkanes) is 10. The molecule has 0 heterocycles. The van der Waals surface area contributed by atoms with Crippen molar-refractivity contribution in [3.05, 3.63) is 170 Å². The Kier molecular flexibility index (Phi) is 61.4. The Bertz CT molecular complexity index is 2340. The molecule has 0 saturated heterocycles. The van der Waals surface area contributed by atoms with Gasteiger partial charge in [0.05, 0.1) is 26.4 Å². The van der Waals surface area contributed by atoms with Gasteiger partial charge in [-0.2, -0.15) is 0 Å². The third kappa shape index (κ3) is 66.2. The first-order valence-electron chi connectivity index (χ1n) is 33.4. The summed E-state index contributed by atoms with van der Waals surface area (Å²) in [6, 6.07) is 0. The normalized spacial score (nSPS) is 15.3. The zero-order valence-electron chi connectivity index (χ0n) is 55.4. The van der Waals surface area contributed by atoms with Gasteiger partial charge in [-0.3, -0.25) is 32.5 Å². The fraction of sp³-hybridized carbons (Fsp3) is 0.575. The first-order valence-corrected chi connectivity index (χ1v) is 36.4.